The first-order valence-electron chi connectivity index (χ1n) is 3.00. The van der Waals surface area contributed by atoms with Gasteiger partial charge < -0.3 is 10.4 Å². The number of carbonyl (C=O) groups excluding carboxylic acids is 1. The maximum Gasteiger partial charge on any atom is 0.207 e. The van der Waals surface area contributed by atoms with E-state index in [-0.39, 0.29) is 6.61 Å². The number of hydrogen-bond donors (Lipinski definition) is 2. The second kappa shape index (κ2) is 5.56. The van der Waals surface area contributed by atoms with Gasteiger partial charge in [0.2, 0.25) is 6.41 Å². The molecule has 0 aromatic rings. The highest BCUT2D eigenvalue weighted by atomic mass is 16.3. The topological polar surface area (TPSA) is 49.3 Å². The number of carbonyl (C=O) groups is 1. The summed E-state index contributed by atoms with van der Waals surface area (Å²) in [6, 6.07) is 0.882. The van der Waals surface area contributed by atoms with Crippen molar-refractivity contribution in [2.45, 2.75) is 19.8 Å². The third-order valence-electron chi connectivity index (χ3n) is 1.10. The summed E-state index contributed by atoms with van der Waals surface area (Å²) in [5.41, 5.74) is 0. The molecule has 0 bridgehead atoms. The van der Waals surface area contributed by atoms with Gasteiger partial charge in [0.05, 0.1) is 6.04 Å². The van der Waals surface area contributed by atoms with E-state index < -0.39 is 0 Å². The lowest BCUT2D eigenvalue weighted by molar-refractivity contribution is -0.109. The lowest BCUT2D eigenvalue weighted by Crippen LogP contribution is -2.19. The second-order valence-corrected chi connectivity index (χ2v) is 1.69. The van der Waals surface area contributed by atoms with Crippen LogP contribution in [0, 0.1) is 6.04 Å². The molecule has 0 saturated heterocycles. The summed E-state index contributed by atoms with van der Waals surface area (Å²) in [6.45, 7) is 2.03. The van der Waals surface area contributed by atoms with Gasteiger partial charge in [-0.15, -0.1) is 0 Å². The third kappa shape index (κ3) is 3.97. The van der Waals surface area contributed by atoms with E-state index in [0.717, 1.165) is 12.5 Å². The SMILES string of the molecule is CC[C](CCO)NC=O. The molecule has 1 amide bonds. The van der Waals surface area contributed by atoms with E-state index in [0.29, 0.717) is 12.8 Å². The zero-order valence-corrected chi connectivity index (χ0v) is 5.55. The van der Waals surface area contributed by atoms with Crippen LogP contribution < -0.4 is 5.32 Å². The molecular formula is C6H12NO2. The Bertz CT molecular complexity index is 75.5. The summed E-state index contributed by atoms with van der Waals surface area (Å²) in [4.78, 5) is 9.84. The number of hydrogen-bond acceptors (Lipinski definition) is 2. The molecule has 3 nitrogen and oxygen atoms in total. The minimum Gasteiger partial charge on any atom is -0.396 e. The molecule has 0 aliphatic carbocycles. The Morgan fingerprint density at radius 3 is 2.78 bits per heavy atom. The lowest BCUT2D eigenvalue weighted by Gasteiger charge is -2.08. The summed E-state index contributed by atoms with van der Waals surface area (Å²) in [7, 11) is 0. The molecule has 0 rings (SSSR count). The van der Waals surface area contributed by atoms with E-state index in [1.165, 1.54) is 0 Å². The zero-order chi connectivity index (χ0) is 7.11. The normalized spacial score (nSPS) is 9.67. The van der Waals surface area contributed by atoms with Gasteiger partial charge in [-0.2, -0.15) is 0 Å². The molecule has 0 spiro atoms. The lowest BCUT2D eigenvalue weighted by atomic mass is 10.2. The summed E-state index contributed by atoms with van der Waals surface area (Å²) in [5, 5.41) is 10.9. The highest BCUT2D eigenvalue weighted by Crippen LogP contribution is 2.03. The van der Waals surface area contributed by atoms with Crippen molar-refractivity contribution < 1.29 is 9.90 Å². The standard InChI is InChI=1S/C6H12NO2/c1-2-6(3-4-8)7-5-9/h5,8H,2-4H2,1H3,(H,7,9). The quantitative estimate of drug-likeness (QED) is 0.517. The van der Waals surface area contributed by atoms with Crippen LogP contribution in [0.1, 0.15) is 19.8 Å². The van der Waals surface area contributed by atoms with Crippen molar-refractivity contribution in [3.63, 3.8) is 0 Å². The smallest absolute Gasteiger partial charge is 0.207 e. The Kier molecular flexibility index (Phi) is 5.21. The van der Waals surface area contributed by atoms with Gasteiger partial charge in [-0.1, -0.05) is 6.92 Å². The first kappa shape index (κ1) is 8.43. The van der Waals surface area contributed by atoms with Crippen LogP contribution in [0.15, 0.2) is 0 Å². The molecule has 3 heteroatoms. The van der Waals surface area contributed by atoms with Crippen molar-refractivity contribution in [2.24, 2.45) is 0 Å². The van der Waals surface area contributed by atoms with Crippen molar-refractivity contribution >= 4 is 6.41 Å². The third-order valence-corrected chi connectivity index (χ3v) is 1.10. The van der Waals surface area contributed by atoms with Crippen LogP contribution in [-0.4, -0.2) is 18.1 Å². The van der Waals surface area contributed by atoms with Gasteiger partial charge in [0, 0.05) is 6.61 Å². The number of aliphatic hydroxyl groups is 1. The molecular weight excluding hydrogens is 118 g/mol. The van der Waals surface area contributed by atoms with E-state index in [1.54, 1.807) is 0 Å². The molecule has 0 aromatic heterocycles. The van der Waals surface area contributed by atoms with Gasteiger partial charge in [0.25, 0.3) is 0 Å². The Labute approximate surface area is 55.1 Å². The molecule has 0 heterocycles. The van der Waals surface area contributed by atoms with Crippen LogP contribution >= 0.6 is 0 Å². The second-order valence-electron chi connectivity index (χ2n) is 1.69. The van der Waals surface area contributed by atoms with Gasteiger partial charge in [-0.25, -0.2) is 0 Å². The van der Waals surface area contributed by atoms with Crippen LogP contribution in [0.5, 0.6) is 0 Å². The molecule has 0 aliphatic heterocycles. The Morgan fingerprint density at radius 1 is 1.78 bits per heavy atom. The van der Waals surface area contributed by atoms with Crippen molar-refractivity contribution in [3.8, 4) is 0 Å². The monoisotopic (exact) mass is 130 g/mol. The summed E-state index contributed by atoms with van der Waals surface area (Å²) in [5.74, 6) is 0. The van der Waals surface area contributed by atoms with E-state index in [9.17, 15) is 4.79 Å². The minimum atomic E-state index is 0.101. The molecule has 0 saturated carbocycles. The van der Waals surface area contributed by atoms with Crippen LogP contribution in [0.25, 0.3) is 0 Å². The largest absolute Gasteiger partial charge is 0.396 e. The van der Waals surface area contributed by atoms with Crippen LogP contribution in [0.4, 0.5) is 0 Å². The number of nitrogens with one attached hydrogen (secondary N) is 1. The molecule has 0 aliphatic rings. The van der Waals surface area contributed by atoms with E-state index in [1.807, 2.05) is 6.92 Å². The summed E-state index contributed by atoms with van der Waals surface area (Å²) >= 11 is 0. The maximum absolute atomic E-state index is 9.84. The molecule has 0 unspecified atom stereocenters. The van der Waals surface area contributed by atoms with E-state index in [4.69, 9.17) is 5.11 Å². The molecule has 9 heavy (non-hydrogen) atoms. The van der Waals surface area contributed by atoms with Crippen LogP contribution in [-0.2, 0) is 4.79 Å². The maximum atomic E-state index is 9.84. The molecule has 53 valence electrons. The van der Waals surface area contributed by atoms with Gasteiger partial charge in [-0.05, 0) is 12.8 Å². The Balaban J connectivity index is 3.28. The first-order valence-corrected chi connectivity index (χ1v) is 3.00. The van der Waals surface area contributed by atoms with Gasteiger partial charge in [-0.3, -0.25) is 4.79 Å². The average Bonchev–Trinajstić information content (AvgIpc) is 1.88. The fourth-order valence-electron chi connectivity index (χ4n) is 0.569. The van der Waals surface area contributed by atoms with Crippen LogP contribution in [0.2, 0.25) is 0 Å². The van der Waals surface area contributed by atoms with Crippen molar-refractivity contribution in [2.75, 3.05) is 6.61 Å². The van der Waals surface area contributed by atoms with Crippen LogP contribution in [0.3, 0.4) is 0 Å². The van der Waals surface area contributed by atoms with Gasteiger partial charge in [0.15, 0.2) is 0 Å². The molecule has 1 radical (unpaired) electrons. The first-order chi connectivity index (χ1) is 4.35. The van der Waals surface area contributed by atoms with E-state index in [2.05, 4.69) is 5.32 Å². The number of rotatable bonds is 5. The number of aliphatic hydroxyl groups excluding tert-OH is 1. The van der Waals surface area contributed by atoms with Crippen molar-refractivity contribution in [3.05, 3.63) is 6.04 Å². The fraction of sp³-hybridized carbons (Fsp3) is 0.667. The van der Waals surface area contributed by atoms with Crippen molar-refractivity contribution in [1.82, 2.24) is 5.32 Å². The average molecular weight is 130 g/mol. The predicted octanol–water partition coefficient (Wildman–Crippen LogP) is 0.0568. The summed E-state index contributed by atoms with van der Waals surface area (Å²) in [6.07, 6.45) is 1.99. The highest BCUT2D eigenvalue weighted by molar-refractivity contribution is 5.48. The molecule has 0 atom stereocenters. The molecule has 0 fully saturated rings. The zero-order valence-electron chi connectivity index (χ0n) is 5.55. The predicted molar refractivity (Wildman–Crippen MR) is 34.4 cm³/mol. The number of amides is 1. The van der Waals surface area contributed by atoms with Gasteiger partial charge >= 0.3 is 0 Å². The Hall–Kier alpha value is -0.570. The fourth-order valence-corrected chi connectivity index (χ4v) is 0.569. The highest BCUT2D eigenvalue weighted by Gasteiger charge is 2.02. The van der Waals surface area contributed by atoms with Crippen molar-refractivity contribution in [1.29, 1.82) is 0 Å². The molecule has 0 aromatic carbocycles. The van der Waals surface area contributed by atoms with Gasteiger partial charge in [0.1, 0.15) is 0 Å². The molecule has 2 N–H and O–H groups in total. The summed E-state index contributed by atoms with van der Waals surface area (Å²) < 4.78 is 0. The Morgan fingerprint density at radius 2 is 2.44 bits per heavy atom. The minimum absolute atomic E-state index is 0.101. The van der Waals surface area contributed by atoms with E-state index >= 15 is 0 Å².